The van der Waals surface area contributed by atoms with Crippen molar-refractivity contribution in [2.24, 2.45) is 0 Å². The lowest BCUT2D eigenvalue weighted by atomic mass is 9.87. The number of nitrogens with zero attached hydrogens (tertiary/aromatic N) is 3. The minimum Gasteiger partial charge on any atom is -0.349 e. The molecule has 2 fully saturated rings. The van der Waals surface area contributed by atoms with Crippen molar-refractivity contribution >= 4 is 28.9 Å². The largest absolute Gasteiger partial charge is 0.417 e. The van der Waals surface area contributed by atoms with Gasteiger partial charge in [0, 0.05) is 13.1 Å². The predicted octanol–water partition coefficient (Wildman–Crippen LogP) is 2.71. The van der Waals surface area contributed by atoms with E-state index in [2.05, 4.69) is 10.2 Å². The second-order valence-electron chi connectivity index (χ2n) is 6.34. The number of piperidine rings is 1. The number of benzene rings is 1. The molecule has 0 radical (unpaired) electrons. The number of likely N-dealkylation sites (tertiary alicyclic amines) is 1. The number of anilines is 1. The highest BCUT2D eigenvalue weighted by atomic mass is 32.1. The third-order valence-electron chi connectivity index (χ3n) is 4.75. The molecule has 9 heteroatoms. The molecule has 2 aliphatic rings. The van der Waals surface area contributed by atoms with Gasteiger partial charge in [-0.3, -0.25) is 10.3 Å². The Morgan fingerprint density at radius 2 is 1.96 bits per heavy atom. The van der Waals surface area contributed by atoms with E-state index < -0.39 is 22.8 Å². The first-order chi connectivity index (χ1) is 11.7. The maximum atomic E-state index is 13.2. The van der Waals surface area contributed by atoms with Crippen molar-refractivity contribution in [1.29, 1.82) is 10.7 Å². The number of halogens is 3. The summed E-state index contributed by atoms with van der Waals surface area (Å²) in [6, 6.07) is 4.95. The second-order valence-corrected chi connectivity index (χ2v) is 6.73. The number of hydrogen-bond donors (Lipinski definition) is 2. The number of alkyl halides is 3. The Labute approximate surface area is 148 Å². The maximum Gasteiger partial charge on any atom is 0.417 e. The number of nitriles is 1. The van der Waals surface area contributed by atoms with Crippen LogP contribution in [-0.4, -0.2) is 41.5 Å². The molecular formula is C16H16F3N5S. The van der Waals surface area contributed by atoms with Gasteiger partial charge in [0.25, 0.3) is 0 Å². The first-order valence-corrected chi connectivity index (χ1v) is 8.10. The fourth-order valence-electron chi connectivity index (χ4n) is 3.25. The highest BCUT2D eigenvalue weighted by Crippen LogP contribution is 2.37. The van der Waals surface area contributed by atoms with Gasteiger partial charge >= 0.3 is 6.18 Å². The molecule has 25 heavy (non-hydrogen) atoms. The molecule has 0 bridgehead atoms. The average Bonchev–Trinajstić information content (AvgIpc) is 2.79. The van der Waals surface area contributed by atoms with Crippen LogP contribution in [0.25, 0.3) is 0 Å². The van der Waals surface area contributed by atoms with Gasteiger partial charge in [-0.1, -0.05) is 0 Å². The van der Waals surface area contributed by atoms with E-state index in [0.29, 0.717) is 12.8 Å². The Morgan fingerprint density at radius 1 is 1.32 bits per heavy atom. The topological polar surface area (TPSA) is 66.2 Å². The smallest absolute Gasteiger partial charge is 0.349 e. The Bertz CT molecular complexity index is 775. The monoisotopic (exact) mass is 367 g/mol. The molecule has 0 aromatic heterocycles. The standard InChI is InChI=1S/C16H16F3N5S/c1-23-6-4-15(5-7-23)13(21)24(14(25)22-15)11-3-2-10(9-20)12(8-11)16(17,18)19/h2-3,8,21H,4-7H2,1H3,(H,22,25). The van der Waals surface area contributed by atoms with Crippen molar-refractivity contribution in [2.45, 2.75) is 24.6 Å². The van der Waals surface area contributed by atoms with Crippen LogP contribution in [0.4, 0.5) is 18.9 Å². The summed E-state index contributed by atoms with van der Waals surface area (Å²) in [7, 11) is 1.98. The lowest BCUT2D eigenvalue weighted by Gasteiger charge is -2.37. The van der Waals surface area contributed by atoms with Gasteiger partial charge in [0.05, 0.1) is 28.4 Å². The van der Waals surface area contributed by atoms with Gasteiger partial charge in [-0.2, -0.15) is 18.4 Å². The summed E-state index contributed by atoms with van der Waals surface area (Å²) in [5.74, 6) is 0.156. The van der Waals surface area contributed by atoms with Gasteiger partial charge < -0.3 is 10.2 Å². The van der Waals surface area contributed by atoms with E-state index in [-0.39, 0.29) is 16.6 Å². The summed E-state index contributed by atoms with van der Waals surface area (Å²) < 4.78 is 39.6. The highest BCUT2D eigenvalue weighted by molar-refractivity contribution is 7.80. The van der Waals surface area contributed by atoms with Gasteiger partial charge in [0.2, 0.25) is 0 Å². The van der Waals surface area contributed by atoms with Crippen LogP contribution in [0.15, 0.2) is 18.2 Å². The molecule has 132 valence electrons. The molecule has 0 unspecified atom stereocenters. The van der Waals surface area contributed by atoms with E-state index >= 15 is 0 Å². The molecule has 1 aromatic carbocycles. The average molecular weight is 367 g/mol. The summed E-state index contributed by atoms with van der Waals surface area (Å²) in [5, 5.41) is 20.8. The SMILES string of the molecule is CN1CCC2(CC1)NC(=S)N(c1ccc(C#N)c(C(F)(F)F)c1)C2=N. The van der Waals surface area contributed by atoms with Crippen molar-refractivity contribution in [3.05, 3.63) is 29.3 Å². The van der Waals surface area contributed by atoms with E-state index in [1.54, 1.807) is 6.07 Å². The number of thiocarbonyl (C=S) groups is 1. The Hall–Kier alpha value is -2.18. The molecule has 0 aliphatic carbocycles. The van der Waals surface area contributed by atoms with Crippen LogP contribution in [0.5, 0.6) is 0 Å². The first kappa shape index (κ1) is 17.6. The molecule has 0 amide bonds. The van der Waals surface area contributed by atoms with E-state index in [1.165, 1.54) is 11.0 Å². The third kappa shape index (κ3) is 2.96. The summed E-state index contributed by atoms with van der Waals surface area (Å²) in [6.07, 6.45) is -3.34. The highest BCUT2D eigenvalue weighted by Gasteiger charge is 2.48. The number of hydrogen-bond acceptors (Lipinski definition) is 4. The predicted molar refractivity (Wildman–Crippen MR) is 91.6 cm³/mol. The van der Waals surface area contributed by atoms with Crippen LogP contribution in [-0.2, 0) is 6.18 Å². The van der Waals surface area contributed by atoms with E-state index in [1.807, 2.05) is 7.05 Å². The number of amidine groups is 1. The van der Waals surface area contributed by atoms with Crippen LogP contribution in [0.2, 0.25) is 0 Å². The van der Waals surface area contributed by atoms with Crippen molar-refractivity contribution in [1.82, 2.24) is 10.2 Å². The van der Waals surface area contributed by atoms with E-state index in [4.69, 9.17) is 22.9 Å². The van der Waals surface area contributed by atoms with Gasteiger partial charge in [-0.25, -0.2) is 0 Å². The zero-order valence-corrected chi connectivity index (χ0v) is 14.3. The van der Waals surface area contributed by atoms with Crippen LogP contribution in [0, 0.1) is 16.7 Å². The van der Waals surface area contributed by atoms with E-state index in [0.717, 1.165) is 25.2 Å². The molecular weight excluding hydrogens is 351 g/mol. The van der Waals surface area contributed by atoms with Gasteiger partial charge in [-0.05, 0) is 50.3 Å². The van der Waals surface area contributed by atoms with Crippen molar-refractivity contribution in [2.75, 3.05) is 25.0 Å². The zero-order valence-electron chi connectivity index (χ0n) is 13.4. The first-order valence-electron chi connectivity index (χ1n) is 7.69. The van der Waals surface area contributed by atoms with Gasteiger partial charge in [-0.15, -0.1) is 0 Å². The molecule has 2 N–H and O–H groups in total. The summed E-state index contributed by atoms with van der Waals surface area (Å²) in [6.45, 7) is 1.54. The van der Waals surface area contributed by atoms with E-state index in [9.17, 15) is 13.2 Å². The fraction of sp³-hybridized carbons (Fsp3) is 0.438. The molecule has 1 spiro atoms. The minimum absolute atomic E-state index is 0.143. The maximum absolute atomic E-state index is 13.2. The quantitative estimate of drug-likeness (QED) is 0.747. The van der Waals surface area contributed by atoms with Crippen LogP contribution in [0.3, 0.4) is 0 Å². The lowest BCUT2D eigenvalue weighted by Crippen LogP contribution is -2.54. The lowest BCUT2D eigenvalue weighted by molar-refractivity contribution is -0.137. The van der Waals surface area contributed by atoms with Gasteiger partial charge in [0.15, 0.2) is 5.11 Å². The summed E-state index contributed by atoms with van der Waals surface area (Å²) in [5.41, 5.74) is -1.97. The third-order valence-corrected chi connectivity index (χ3v) is 5.04. The normalized spacial score (nSPS) is 20.7. The van der Waals surface area contributed by atoms with Crippen molar-refractivity contribution < 1.29 is 13.2 Å². The van der Waals surface area contributed by atoms with Crippen molar-refractivity contribution in [3.8, 4) is 6.07 Å². The number of rotatable bonds is 1. The second kappa shape index (κ2) is 5.97. The summed E-state index contributed by atoms with van der Waals surface area (Å²) in [4.78, 5) is 3.46. The molecule has 0 saturated carbocycles. The molecule has 2 heterocycles. The molecule has 0 atom stereocenters. The minimum atomic E-state index is -4.65. The molecule has 2 aliphatic heterocycles. The molecule has 5 nitrogen and oxygen atoms in total. The summed E-state index contributed by atoms with van der Waals surface area (Å²) >= 11 is 5.29. The molecule has 2 saturated heterocycles. The fourth-order valence-corrected chi connectivity index (χ4v) is 3.64. The Morgan fingerprint density at radius 3 is 2.52 bits per heavy atom. The van der Waals surface area contributed by atoms with Crippen LogP contribution >= 0.6 is 12.2 Å². The Balaban J connectivity index is 1.99. The van der Waals surface area contributed by atoms with Gasteiger partial charge in [0.1, 0.15) is 5.84 Å². The van der Waals surface area contributed by atoms with Crippen molar-refractivity contribution in [3.63, 3.8) is 0 Å². The zero-order chi connectivity index (χ0) is 18.4. The molecule has 3 rings (SSSR count). The van der Waals surface area contributed by atoms with Crippen LogP contribution in [0.1, 0.15) is 24.0 Å². The molecule has 1 aromatic rings. The van der Waals surface area contributed by atoms with Crippen LogP contribution < -0.4 is 10.2 Å². The number of nitrogens with one attached hydrogen (secondary N) is 2. The Kier molecular flexibility index (Phi) is 4.21.